The molecular formula is C5H8O4. The first-order valence-corrected chi connectivity index (χ1v) is 2.44. The molecule has 0 saturated heterocycles. The molecule has 4 heteroatoms. The first kappa shape index (κ1) is 8.10. The van der Waals surface area contributed by atoms with Crippen molar-refractivity contribution in [3.8, 4) is 0 Å². The maximum absolute atomic E-state index is 10.2. The predicted molar refractivity (Wildman–Crippen MR) is 28.9 cm³/mol. The van der Waals surface area contributed by atoms with E-state index in [2.05, 4.69) is 0 Å². The molecule has 0 aliphatic rings. The van der Waals surface area contributed by atoms with Gasteiger partial charge in [-0.25, -0.2) is 0 Å². The molecule has 1 atom stereocenters. The summed E-state index contributed by atoms with van der Waals surface area (Å²) in [5.41, 5.74) is 0. The van der Waals surface area contributed by atoms with E-state index in [-0.39, 0.29) is 0 Å². The number of aliphatic hydroxyl groups is 1. The van der Waals surface area contributed by atoms with E-state index in [1.165, 1.54) is 0 Å². The number of carboxylic acid groups (broad SMARTS) is 1. The summed E-state index contributed by atoms with van der Waals surface area (Å²) in [4.78, 5) is 20.0. The Bertz CT molecular complexity index is 129. The summed E-state index contributed by atoms with van der Waals surface area (Å²) < 4.78 is 0. The highest BCUT2D eigenvalue weighted by Gasteiger charge is 2.12. The second-order valence-electron chi connectivity index (χ2n) is 1.72. The second-order valence-corrected chi connectivity index (χ2v) is 1.72. The number of carbonyl (C=O) groups excluding carboxylic acids is 1. The van der Waals surface area contributed by atoms with Crippen LogP contribution < -0.4 is 0 Å². The molecule has 0 spiro atoms. The van der Waals surface area contributed by atoms with Crippen LogP contribution in [-0.2, 0) is 9.59 Å². The summed E-state index contributed by atoms with van der Waals surface area (Å²) in [6, 6.07) is 0. The van der Waals surface area contributed by atoms with E-state index >= 15 is 0 Å². The van der Waals surface area contributed by atoms with Crippen molar-refractivity contribution in [1.29, 1.82) is 0 Å². The molecule has 0 heterocycles. The van der Waals surface area contributed by atoms with Crippen LogP contribution in [0.1, 0.15) is 13.3 Å². The van der Waals surface area contributed by atoms with E-state index in [4.69, 9.17) is 10.2 Å². The fourth-order valence-corrected chi connectivity index (χ4v) is 0.309. The van der Waals surface area contributed by atoms with Gasteiger partial charge < -0.3 is 10.2 Å². The molecule has 0 unspecified atom stereocenters. The molecule has 0 aliphatic carbocycles. The predicted octanol–water partition coefficient (Wildman–Crippen LogP) is -0.589. The van der Waals surface area contributed by atoms with Gasteiger partial charge in [0, 0.05) is 0 Å². The molecule has 0 saturated carbocycles. The van der Waals surface area contributed by atoms with Crippen molar-refractivity contribution < 1.29 is 19.8 Å². The normalized spacial score (nSPS) is 12.7. The van der Waals surface area contributed by atoms with Gasteiger partial charge in [-0.2, -0.15) is 0 Å². The Morgan fingerprint density at radius 3 is 2.11 bits per heavy atom. The maximum Gasteiger partial charge on any atom is 0.306 e. The molecule has 0 radical (unpaired) electrons. The summed E-state index contributed by atoms with van der Waals surface area (Å²) in [6.45, 7) is 1.15. The van der Waals surface area contributed by atoms with Crippen LogP contribution in [0.15, 0.2) is 0 Å². The third-order valence-corrected chi connectivity index (χ3v) is 0.837. The zero-order chi connectivity index (χ0) is 7.44. The number of hydrogen-bond donors (Lipinski definition) is 2. The zero-order valence-electron chi connectivity index (χ0n) is 5.00. The van der Waals surface area contributed by atoms with Gasteiger partial charge in [0.1, 0.15) is 6.10 Å². The SMILES string of the molecule is CC(=O)[C@H](O)CC(=O)O. The van der Waals surface area contributed by atoms with Crippen LogP contribution in [0.25, 0.3) is 0 Å². The van der Waals surface area contributed by atoms with Crippen LogP contribution in [-0.4, -0.2) is 28.1 Å². The van der Waals surface area contributed by atoms with Gasteiger partial charge in [0.05, 0.1) is 6.42 Å². The van der Waals surface area contributed by atoms with E-state index in [1.807, 2.05) is 0 Å². The average Bonchev–Trinajstić information content (AvgIpc) is 1.63. The van der Waals surface area contributed by atoms with E-state index in [1.54, 1.807) is 0 Å². The van der Waals surface area contributed by atoms with Crippen LogP contribution in [0, 0.1) is 0 Å². The van der Waals surface area contributed by atoms with Crippen LogP contribution in [0.4, 0.5) is 0 Å². The highest BCUT2D eigenvalue weighted by molar-refractivity contribution is 5.84. The molecule has 0 amide bonds. The lowest BCUT2D eigenvalue weighted by atomic mass is 10.2. The van der Waals surface area contributed by atoms with E-state index < -0.39 is 24.3 Å². The molecule has 2 N–H and O–H groups in total. The highest BCUT2D eigenvalue weighted by atomic mass is 16.4. The van der Waals surface area contributed by atoms with Gasteiger partial charge in [-0.05, 0) is 6.92 Å². The zero-order valence-corrected chi connectivity index (χ0v) is 5.00. The second kappa shape index (κ2) is 3.19. The van der Waals surface area contributed by atoms with Crippen molar-refractivity contribution in [2.75, 3.05) is 0 Å². The first-order chi connectivity index (χ1) is 4.04. The summed E-state index contributed by atoms with van der Waals surface area (Å²) in [5.74, 6) is -1.69. The number of aliphatic hydroxyl groups excluding tert-OH is 1. The average molecular weight is 132 g/mol. The lowest BCUT2D eigenvalue weighted by Crippen LogP contribution is -2.20. The highest BCUT2D eigenvalue weighted by Crippen LogP contribution is 1.91. The fourth-order valence-electron chi connectivity index (χ4n) is 0.309. The Morgan fingerprint density at radius 1 is 1.56 bits per heavy atom. The standard InChI is InChI=1S/C5H8O4/c1-3(6)4(7)2-5(8)9/h4,7H,2H2,1H3,(H,8,9)/t4-/m1/s1. The number of carbonyl (C=O) groups is 2. The Morgan fingerprint density at radius 2 is 2.00 bits per heavy atom. The minimum atomic E-state index is -1.34. The van der Waals surface area contributed by atoms with Gasteiger partial charge >= 0.3 is 5.97 Å². The van der Waals surface area contributed by atoms with E-state index in [9.17, 15) is 9.59 Å². The van der Waals surface area contributed by atoms with Gasteiger partial charge in [-0.15, -0.1) is 0 Å². The molecule has 0 rings (SSSR count). The smallest absolute Gasteiger partial charge is 0.306 e. The van der Waals surface area contributed by atoms with Crippen molar-refractivity contribution in [2.24, 2.45) is 0 Å². The van der Waals surface area contributed by atoms with Crippen LogP contribution in [0.2, 0.25) is 0 Å². The third-order valence-electron chi connectivity index (χ3n) is 0.837. The van der Waals surface area contributed by atoms with Crippen LogP contribution in [0.5, 0.6) is 0 Å². The fraction of sp³-hybridized carbons (Fsp3) is 0.600. The summed E-state index contributed by atoms with van der Waals surface area (Å²) >= 11 is 0. The molecular weight excluding hydrogens is 124 g/mol. The monoisotopic (exact) mass is 132 g/mol. The maximum atomic E-state index is 10.2. The third kappa shape index (κ3) is 3.66. The Hall–Kier alpha value is -0.900. The lowest BCUT2D eigenvalue weighted by Gasteiger charge is -1.99. The number of carboxylic acids is 1. The molecule has 0 aromatic rings. The van der Waals surface area contributed by atoms with Crippen molar-refractivity contribution in [2.45, 2.75) is 19.4 Å². The summed E-state index contributed by atoms with van der Waals surface area (Å²) in [7, 11) is 0. The van der Waals surface area contributed by atoms with E-state index in [0.717, 1.165) is 6.92 Å². The van der Waals surface area contributed by atoms with Crippen LogP contribution >= 0.6 is 0 Å². The van der Waals surface area contributed by atoms with Crippen molar-refractivity contribution in [1.82, 2.24) is 0 Å². The molecule has 4 nitrogen and oxygen atoms in total. The number of Topliss-reactive ketones (excluding diaryl/α,β-unsaturated/α-hetero) is 1. The Labute approximate surface area is 52.1 Å². The number of rotatable bonds is 3. The van der Waals surface area contributed by atoms with Crippen molar-refractivity contribution >= 4 is 11.8 Å². The van der Waals surface area contributed by atoms with Gasteiger partial charge in [-0.1, -0.05) is 0 Å². The Balaban J connectivity index is 3.63. The van der Waals surface area contributed by atoms with E-state index in [0.29, 0.717) is 0 Å². The molecule has 9 heavy (non-hydrogen) atoms. The molecule has 0 aliphatic heterocycles. The Kier molecular flexibility index (Phi) is 2.87. The molecule has 52 valence electrons. The summed E-state index contributed by atoms with van der Waals surface area (Å²) in [5, 5.41) is 16.6. The quantitative estimate of drug-likeness (QED) is 0.538. The minimum absolute atomic E-state index is 0.505. The topological polar surface area (TPSA) is 74.6 Å². The number of aliphatic carboxylic acids is 1. The molecule has 0 bridgehead atoms. The first-order valence-electron chi connectivity index (χ1n) is 2.44. The molecule has 0 aromatic heterocycles. The number of hydrogen-bond acceptors (Lipinski definition) is 3. The van der Waals surface area contributed by atoms with Gasteiger partial charge in [0.2, 0.25) is 0 Å². The van der Waals surface area contributed by atoms with Crippen LogP contribution in [0.3, 0.4) is 0 Å². The molecule has 0 aromatic carbocycles. The van der Waals surface area contributed by atoms with Crippen molar-refractivity contribution in [3.05, 3.63) is 0 Å². The largest absolute Gasteiger partial charge is 0.481 e. The lowest BCUT2D eigenvalue weighted by molar-refractivity contribution is -0.142. The van der Waals surface area contributed by atoms with Gasteiger partial charge in [0.15, 0.2) is 5.78 Å². The minimum Gasteiger partial charge on any atom is -0.481 e. The number of ketones is 1. The van der Waals surface area contributed by atoms with Gasteiger partial charge in [0.25, 0.3) is 0 Å². The van der Waals surface area contributed by atoms with Crippen molar-refractivity contribution in [3.63, 3.8) is 0 Å². The molecule has 0 fully saturated rings. The van der Waals surface area contributed by atoms with Gasteiger partial charge in [-0.3, -0.25) is 9.59 Å². The summed E-state index contributed by atoms with van der Waals surface area (Å²) in [6.07, 6.45) is -1.85.